The number of benzene rings is 1. The van der Waals surface area contributed by atoms with E-state index < -0.39 is 0 Å². The highest BCUT2D eigenvalue weighted by molar-refractivity contribution is 9.10. The van der Waals surface area contributed by atoms with E-state index in [9.17, 15) is 0 Å². The summed E-state index contributed by atoms with van der Waals surface area (Å²) >= 11 is 3.47. The lowest BCUT2D eigenvalue weighted by Crippen LogP contribution is -2.24. The van der Waals surface area contributed by atoms with Gasteiger partial charge in [-0.05, 0) is 33.5 Å². The normalized spacial score (nSPS) is 16.4. The Balaban J connectivity index is 1.68. The van der Waals surface area contributed by atoms with E-state index in [0.717, 1.165) is 23.3 Å². The van der Waals surface area contributed by atoms with E-state index in [-0.39, 0.29) is 0 Å². The fourth-order valence-corrected chi connectivity index (χ4v) is 2.71. The second-order valence-corrected chi connectivity index (χ2v) is 5.48. The first-order valence-corrected chi connectivity index (χ1v) is 7.09. The van der Waals surface area contributed by atoms with Gasteiger partial charge in [0, 0.05) is 25.7 Å². The molecule has 1 unspecified atom stereocenters. The summed E-state index contributed by atoms with van der Waals surface area (Å²) in [6.07, 6.45) is 2.90. The fraction of sp³-hybridized carbons (Fsp3) is 0.286. The number of hydrogen-bond donors (Lipinski definition) is 2. The minimum Gasteiger partial charge on any atom is -0.368 e. The van der Waals surface area contributed by atoms with Crippen LogP contribution < -0.4 is 10.6 Å². The van der Waals surface area contributed by atoms with Gasteiger partial charge in [-0.15, -0.1) is 0 Å². The number of rotatable bonds is 4. The van der Waals surface area contributed by atoms with Gasteiger partial charge < -0.3 is 10.6 Å². The molecular weight excluding hydrogens is 304 g/mol. The number of nitrogens with one attached hydrogen (secondary N) is 2. The number of halogens is 1. The Bertz CT molecular complexity index is 600. The highest BCUT2D eigenvalue weighted by atomic mass is 79.9. The molecule has 0 aliphatic heterocycles. The lowest BCUT2D eigenvalue weighted by atomic mass is 9.78. The average molecular weight is 319 g/mol. The van der Waals surface area contributed by atoms with Crippen molar-refractivity contribution in [1.82, 2.24) is 9.97 Å². The Labute approximate surface area is 120 Å². The van der Waals surface area contributed by atoms with Crippen molar-refractivity contribution < 1.29 is 0 Å². The minimum absolute atomic E-state index is 0.580. The molecule has 1 aliphatic carbocycles. The molecule has 1 aliphatic rings. The molecule has 1 atom stereocenters. The molecule has 0 spiro atoms. The Morgan fingerprint density at radius 3 is 3.00 bits per heavy atom. The third kappa shape index (κ3) is 2.42. The van der Waals surface area contributed by atoms with Crippen molar-refractivity contribution in [3.63, 3.8) is 0 Å². The van der Waals surface area contributed by atoms with Crippen molar-refractivity contribution in [2.24, 2.45) is 0 Å². The van der Waals surface area contributed by atoms with E-state index in [1.807, 2.05) is 7.05 Å². The van der Waals surface area contributed by atoms with Crippen LogP contribution in [0.2, 0.25) is 0 Å². The summed E-state index contributed by atoms with van der Waals surface area (Å²) in [6, 6.07) is 8.61. The van der Waals surface area contributed by atoms with Crippen LogP contribution >= 0.6 is 15.9 Å². The first-order valence-electron chi connectivity index (χ1n) is 6.30. The maximum absolute atomic E-state index is 4.40. The van der Waals surface area contributed by atoms with Crippen molar-refractivity contribution in [2.75, 3.05) is 24.2 Å². The van der Waals surface area contributed by atoms with Gasteiger partial charge in [0.25, 0.3) is 0 Å². The number of aromatic nitrogens is 2. The molecule has 19 heavy (non-hydrogen) atoms. The SMILES string of the molecule is CNc1ncc(Br)c(NCC2Cc3ccccc32)n1. The third-order valence-electron chi connectivity index (χ3n) is 3.44. The van der Waals surface area contributed by atoms with Crippen LogP contribution in [-0.2, 0) is 6.42 Å². The van der Waals surface area contributed by atoms with Crippen LogP contribution in [0, 0.1) is 0 Å². The van der Waals surface area contributed by atoms with Gasteiger partial charge in [0.2, 0.25) is 5.95 Å². The van der Waals surface area contributed by atoms with E-state index in [0.29, 0.717) is 11.9 Å². The van der Waals surface area contributed by atoms with E-state index >= 15 is 0 Å². The van der Waals surface area contributed by atoms with E-state index in [4.69, 9.17) is 0 Å². The van der Waals surface area contributed by atoms with Crippen LogP contribution in [0.5, 0.6) is 0 Å². The minimum atomic E-state index is 0.580. The van der Waals surface area contributed by atoms with Gasteiger partial charge in [0.05, 0.1) is 4.47 Å². The first-order chi connectivity index (χ1) is 9.28. The van der Waals surface area contributed by atoms with E-state index in [2.05, 4.69) is 60.8 Å². The predicted molar refractivity (Wildman–Crippen MR) is 80.7 cm³/mol. The summed E-state index contributed by atoms with van der Waals surface area (Å²) in [5, 5.41) is 6.34. The van der Waals surface area contributed by atoms with E-state index in [1.165, 1.54) is 11.1 Å². The molecule has 0 saturated carbocycles. The van der Waals surface area contributed by atoms with Crippen molar-refractivity contribution in [2.45, 2.75) is 12.3 Å². The van der Waals surface area contributed by atoms with Gasteiger partial charge >= 0.3 is 0 Å². The van der Waals surface area contributed by atoms with Crippen LogP contribution in [0.1, 0.15) is 17.0 Å². The van der Waals surface area contributed by atoms with Gasteiger partial charge in [0.15, 0.2) is 0 Å². The third-order valence-corrected chi connectivity index (χ3v) is 4.03. The van der Waals surface area contributed by atoms with Crippen LogP contribution in [-0.4, -0.2) is 23.6 Å². The predicted octanol–water partition coefficient (Wildman–Crippen LogP) is 3.03. The Hall–Kier alpha value is -1.62. The molecule has 2 N–H and O–H groups in total. The maximum atomic E-state index is 4.40. The van der Waals surface area contributed by atoms with E-state index in [1.54, 1.807) is 6.20 Å². The molecule has 5 heteroatoms. The molecule has 0 amide bonds. The van der Waals surface area contributed by atoms with Gasteiger partial charge in [-0.2, -0.15) is 4.98 Å². The maximum Gasteiger partial charge on any atom is 0.224 e. The van der Waals surface area contributed by atoms with Crippen LogP contribution in [0.4, 0.5) is 11.8 Å². The molecule has 0 saturated heterocycles. The van der Waals surface area contributed by atoms with Gasteiger partial charge in [-0.1, -0.05) is 24.3 Å². The Morgan fingerprint density at radius 2 is 2.21 bits per heavy atom. The van der Waals surface area contributed by atoms with Crippen molar-refractivity contribution in [3.8, 4) is 0 Å². The van der Waals surface area contributed by atoms with Gasteiger partial charge in [-0.3, -0.25) is 0 Å². The average Bonchev–Trinajstić information content (AvgIpc) is 2.42. The summed E-state index contributed by atoms with van der Waals surface area (Å²) in [7, 11) is 1.81. The van der Waals surface area contributed by atoms with Gasteiger partial charge in [0.1, 0.15) is 5.82 Å². The summed E-state index contributed by atoms with van der Waals surface area (Å²) in [4.78, 5) is 8.54. The molecule has 0 fully saturated rings. The zero-order valence-electron chi connectivity index (χ0n) is 10.7. The number of nitrogens with zero attached hydrogens (tertiary/aromatic N) is 2. The van der Waals surface area contributed by atoms with Crippen molar-refractivity contribution in [3.05, 3.63) is 46.1 Å². The molecule has 1 heterocycles. The summed E-state index contributed by atoms with van der Waals surface area (Å²) in [5.74, 6) is 2.04. The zero-order valence-corrected chi connectivity index (χ0v) is 12.2. The topological polar surface area (TPSA) is 49.8 Å². The molecule has 0 radical (unpaired) electrons. The number of hydrogen-bond acceptors (Lipinski definition) is 4. The Morgan fingerprint density at radius 1 is 1.37 bits per heavy atom. The van der Waals surface area contributed by atoms with Crippen LogP contribution in [0.15, 0.2) is 34.9 Å². The molecular formula is C14H15BrN4. The second kappa shape index (κ2) is 5.17. The summed E-state index contributed by atoms with van der Waals surface area (Å²) in [5.41, 5.74) is 2.92. The second-order valence-electron chi connectivity index (χ2n) is 4.62. The number of anilines is 2. The van der Waals surface area contributed by atoms with Crippen molar-refractivity contribution >= 4 is 27.7 Å². The van der Waals surface area contributed by atoms with Gasteiger partial charge in [-0.25, -0.2) is 4.98 Å². The molecule has 4 nitrogen and oxygen atoms in total. The quantitative estimate of drug-likeness (QED) is 0.909. The lowest BCUT2D eigenvalue weighted by molar-refractivity contribution is 0.634. The van der Waals surface area contributed by atoms with Crippen LogP contribution in [0.25, 0.3) is 0 Å². The molecule has 0 bridgehead atoms. The molecule has 1 aromatic heterocycles. The molecule has 98 valence electrons. The number of fused-ring (bicyclic) bond motifs is 1. The smallest absolute Gasteiger partial charge is 0.224 e. The molecule has 2 aromatic rings. The molecule has 3 rings (SSSR count). The molecule has 1 aromatic carbocycles. The van der Waals surface area contributed by atoms with Crippen LogP contribution in [0.3, 0.4) is 0 Å². The zero-order chi connectivity index (χ0) is 13.2. The fourth-order valence-electron chi connectivity index (χ4n) is 2.38. The summed E-state index contributed by atoms with van der Waals surface area (Å²) in [6.45, 7) is 0.899. The first kappa shape index (κ1) is 12.4. The summed E-state index contributed by atoms with van der Waals surface area (Å²) < 4.78 is 0.888. The standard InChI is InChI=1S/C14H15BrN4/c1-16-14-18-8-12(15)13(19-14)17-7-10-6-9-4-2-3-5-11(9)10/h2-5,8,10H,6-7H2,1H3,(H2,16,17,18,19). The Kier molecular flexibility index (Phi) is 3.38. The monoisotopic (exact) mass is 318 g/mol. The lowest BCUT2D eigenvalue weighted by Gasteiger charge is -2.30. The van der Waals surface area contributed by atoms with Crippen molar-refractivity contribution in [1.29, 1.82) is 0 Å². The highest BCUT2D eigenvalue weighted by Crippen LogP contribution is 2.35. The largest absolute Gasteiger partial charge is 0.368 e. The highest BCUT2D eigenvalue weighted by Gasteiger charge is 2.25.